The molecule has 0 aromatic carbocycles. The number of likely N-dealkylation sites (N-methyl/N-ethyl adjacent to an activating group) is 1. The van der Waals surface area contributed by atoms with Crippen LogP contribution in [0.5, 0.6) is 0 Å². The van der Waals surface area contributed by atoms with Crippen molar-refractivity contribution in [1.29, 1.82) is 0 Å². The Balaban J connectivity index is 1.78. The fourth-order valence-corrected chi connectivity index (χ4v) is 3.82. The maximum Gasteiger partial charge on any atom is 0.109 e. The van der Waals surface area contributed by atoms with Crippen LogP contribution in [0.4, 0.5) is 0 Å². The van der Waals surface area contributed by atoms with Gasteiger partial charge in [0.2, 0.25) is 0 Å². The van der Waals surface area contributed by atoms with Gasteiger partial charge in [-0.3, -0.25) is 0 Å². The second-order valence-corrected chi connectivity index (χ2v) is 6.22. The summed E-state index contributed by atoms with van der Waals surface area (Å²) in [6.45, 7) is 0. The maximum absolute atomic E-state index is 4.40. The first-order valence-electron chi connectivity index (χ1n) is 6.54. The van der Waals surface area contributed by atoms with Crippen molar-refractivity contribution in [3.63, 3.8) is 0 Å². The molecule has 1 saturated carbocycles. The van der Waals surface area contributed by atoms with E-state index in [1.165, 1.54) is 37.3 Å². The highest BCUT2D eigenvalue weighted by Crippen LogP contribution is 2.29. The van der Waals surface area contributed by atoms with Crippen molar-refractivity contribution in [2.45, 2.75) is 43.4 Å². The Hall–Kier alpha value is -0.480. The lowest BCUT2D eigenvalue weighted by molar-refractivity contribution is 0.585. The third-order valence-electron chi connectivity index (χ3n) is 3.59. The van der Waals surface area contributed by atoms with Crippen LogP contribution in [0.25, 0.3) is 0 Å². The van der Waals surface area contributed by atoms with Crippen LogP contribution in [0.2, 0.25) is 0 Å². The number of aromatic nitrogens is 2. The zero-order valence-electron chi connectivity index (χ0n) is 10.9. The Bertz CT molecular complexity index is 331. The molecule has 96 valence electrons. The fraction of sp³-hybridized carbons (Fsp3) is 0.769. The van der Waals surface area contributed by atoms with Crippen LogP contribution in [-0.4, -0.2) is 33.6 Å². The van der Waals surface area contributed by atoms with E-state index in [0.29, 0.717) is 6.04 Å². The molecule has 2 rings (SSSR count). The second kappa shape index (κ2) is 6.45. The minimum Gasteiger partial charge on any atom is -0.338 e. The minimum atomic E-state index is 0.543. The third kappa shape index (κ3) is 3.75. The van der Waals surface area contributed by atoms with Crippen LogP contribution in [0.1, 0.15) is 31.5 Å². The van der Waals surface area contributed by atoms with Gasteiger partial charge in [-0.15, -0.1) is 0 Å². The third-order valence-corrected chi connectivity index (χ3v) is 5.13. The van der Waals surface area contributed by atoms with E-state index in [0.717, 1.165) is 11.7 Å². The summed E-state index contributed by atoms with van der Waals surface area (Å²) < 4.78 is 2.12. The molecule has 17 heavy (non-hydrogen) atoms. The number of thioether (sulfide) groups is 1. The van der Waals surface area contributed by atoms with Crippen LogP contribution in [0.3, 0.4) is 0 Å². The van der Waals surface area contributed by atoms with Crippen LogP contribution in [0, 0.1) is 0 Å². The lowest BCUT2D eigenvalue weighted by atomic mass is 10.2. The van der Waals surface area contributed by atoms with Crippen molar-refractivity contribution >= 4 is 11.8 Å². The molecule has 0 saturated heterocycles. The van der Waals surface area contributed by atoms with Crippen molar-refractivity contribution in [1.82, 2.24) is 14.9 Å². The molecule has 4 heteroatoms. The molecule has 1 aromatic heterocycles. The van der Waals surface area contributed by atoms with Gasteiger partial charge in [0.1, 0.15) is 5.82 Å². The highest BCUT2D eigenvalue weighted by atomic mass is 32.2. The molecule has 0 spiro atoms. The maximum atomic E-state index is 4.40. The molecule has 0 radical (unpaired) electrons. The van der Waals surface area contributed by atoms with Gasteiger partial charge >= 0.3 is 0 Å². The molecule has 0 amide bonds. The van der Waals surface area contributed by atoms with E-state index in [1.807, 2.05) is 12.4 Å². The number of aryl methyl sites for hydroxylation is 1. The second-order valence-electron chi connectivity index (χ2n) is 4.88. The Kier molecular flexibility index (Phi) is 4.92. The molecule has 3 nitrogen and oxygen atoms in total. The molecule has 0 bridgehead atoms. The predicted molar refractivity (Wildman–Crippen MR) is 74.5 cm³/mol. The fourth-order valence-electron chi connectivity index (χ4n) is 2.37. The minimum absolute atomic E-state index is 0.543. The summed E-state index contributed by atoms with van der Waals surface area (Å²) in [6.07, 6.45) is 10.6. The molecule has 1 heterocycles. The quantitative estimate of drug-likeness (QED) is 0.843. The van der Waals surface area contributed by atoms with Crippen LogP contribution in [-0.2, 0) is 13.5 Å². The molecular weight excluding hydrogens is 230 g/mol. The summed E-state index contributed by atoms with van der Waals surface area (Å²) in [6, 6.07) is 0.543. The number of hydrogen-bond donors (Lipinski definition) is 1. The van der Waals surface area contributed by atoms with Gasteiger partial charge in [0.05, 0.1) is 0 Å². The average Bonchev–Trinajstić information content (AvgIpc) is 2.96. The van der Waals surface area contributed by atoms with Crippen molar-refractivity contribution < 1.29 is 0 Å². The first-order chi connectivity index (χ1) is 8.29. The first-order valence-corrected chi connectivity index (χ1v) is 7.59. The van der Waals surface area contributed by atoms with Crippen molar-refractivity contribution in [2.75, 3.05) is 12.8 Å². The summed E-state index contributed by atoms with van der Waals surface area (Å²) in [5.41, 5.74) is 0. The van der Waals surface area contributed by atoms with E-state index in [4.69, 9.17) is 0 Å². The van der Waals surface area contributed by atoms with Gasteiger partial charge in [0, 0.05) is 42.9 Å². The number of nitrogens with zero attached hydrogens (tertiary/aromatic N) is 2. The van der Waals surface area contributed by atoms with E-state index < -0.39 is 0 Å². The summed E-state index contributed by atoms with van der Waals surface area (Å²) in [4.78, 5) is 4.40. The smallest absolute Gasteiger partial charge is 0.109 e. The van der Waals surface area contributed by atoms with Crippen molar-refractivity contribution in [3.05, 3.63) is 18.2 Å². The van der Waals surface area contributed by atoms with Gasteiger partial charge in [-0.2, -0.15) is 11.8 Å². The summed E-state index contributed by atoms with van der Waals surface area (Å²) in [5.74, 6) is 2.38. The zero-order valence-corrected chi connectivity index (χ0v) is 11.7. The molecule has 1 atom stereocenters. The molecule has 1 aliphatic carbocycles. The Morgan fingerprint density at radius 3 is 2.88 bits per heavy atom. The van der Waals surface area contributed by atoms with E-state index in [1.54, 1.807) is 0 Å². The monoisotopic (exact) mass is 253 g/mol. The topological polar surface area (TPSA) is 29.9 Å². The van der Waals surface area contributed by atoms with Crippen LogP contribution in [0.15, 0.2) is 12.4 Å². The van der Waals surface area contributed by atoms with Gasteiger partial charge in [-0.25, -0.2) is 4.98 Å². The number of hydrogen-bond acceptors (Lipinski definition) is 3. The number of imidazole rings is 1. The molecule has 0 aliphatic heterocycles. The van der Waals surface area contributed by atoms with E-state index >= 15 is 0 Å². The molecule has 1 N–H and O–H groups in total. The summed E-state index contributed by atoms with van der Waals surface area (Å²) >= 11 is 2.14. The van der Waals surface area contributed by atoms with Crippen LogP contribution >= 0.6 is 11.8 Å². The molecule has 1 aliphatic rings. The van der Waals surface area contributed by atoms with Gasteiger partial charge in [0.15, 0.2) is 0 Å². The predicted octanol–water partition coefficient (Wildman–Crippen LogP) is 2.23. The Morgan fingerprint density at radius 1 is 1.53 bits per heavy atom. The molecule has 1 aromatic rings. The Labute approximate surface area is 108 Å². The van der Waals surface area contributed by atoms with Crippen LogP contribution < -0.4 is 5.32 Å². The van der Waals surface area contributed by atoms with Gasteiger partial charge in [0.25, 0.3) is 0 Å². The average molecular weight is 253 g/mol. The standard InChI is InChI=1S/C13H23N3S/c1-14-11(9-13-15-7-8-16(13)2)10-17-12-5-3-4-6-12/h7-8,11-12,14H,3-6,9-10H2,1-2H3. The van der Waals surface area contributed by atoms with E-state index in [2.05, 4.69) is 40.7 Å². The largest absolute Gasteiger partial charge is 0.338 e. The highest BCUT2D eigenvalue weighted by molar-refractivity contribution is 7.99. The number of nitrogens with one attached hydrogen (secondary N) is 1. The van der Waals surface area contributed by atoms with Gasteiger partial charge in [-0.1, -0.05) is 12.8 Å². The normalized spacial score (nSPS) is 18.7. The Morgan fingerprint density at radius 2 is 2.29 bits per heavy atom. The van der Waals surface area contributed by atoms with Crippen molar-refractivity contribution in [2.24, 2.45) is 7.05 Å². The van der Waals surface area contributed by atoms with Gasteiger partial charge < -0.3 is 9.88 Å². The molecule has 1 fully saturated rings. The lowest BCUT2D eigenvalue weighted by Crippen LogP contribution is -2.31. The summed E-state index contributed by atoms with van der Waals surface area (Å²) in [7, 11) is 4.13. The zero-order chi connectivity index (χ0) is 12.1. The van der Waals surface area contributed by atoms with E-state index in [9.17, 15) is 0 Å². The van der Waals surface area contributed by atoms with E-state index in [-0.39, 0.29) is 0 Å². The first kappa shape index (κ1) is 13.0. The molecule has 1 unspecified atom stereocenters. The van der Waals surface area contributed by atoms with Gasteiger partial charge in [-0.05, 0) is 19.9 Å². The SMILES string of the molecule is CNC(CSC1CCCC1)Cc1nccn1C. The lowest BCUT2D eigenvalue weighted by Gasteiger charge is -2.18. The van der Waals surface area contributed by atoms with Crippen molar-refractivity contribution in [3.8, 4) is 0 Å². The number of rotatable bonds is 6. The molecular formula is C13H23N3S. The summed E-state index contributed by atoms with van der Waals surface area (Å²) in [5, 5.41) is 4.33. The highest BCUT2D eigenvalue weighted by Gasteiger charge is 2.18.